The Morgan fingerprint density at radius 1 is 0.976 bits per heavy atom. The molecule has 0 bridgehead atoms. The predicted molar refractivity (Wildman–Crippen MR) is 163 cm³/mol. The van der Waals surface area contributed by atoms with E-state index in [1.165, 1.54) is 6.92 Å². The van der Waals surface area contributed by atoms with Crippen molar-refractivity contribution in [2.24, 2.45) is 0 Å². The van der Waals surface area contributed by atoms with Gasteiger partial charge in [-0.25, -0.2) is 4.98 Å². The number of rotatable bonds is 12. The fourth-order valence-electron chi connectivity index (χ4n) is 5.31. The first kappa shape index (κ1) is 30.4. The van der Waals surface area contributed by atoms with Gasteiger partial charge in [0.05, 0.1) is 33.1 Å². The zero-order valence-electron chi connectivity index (χ0n) is 24.5. The summed E-state index contributed by atoms with van der Waals surface area (Å²) < 4.78 is 17.1. The highest BCUT2D eigenvalue weighted by atomic mass is 16.5. The van der Waals surface area contributed by atoms with Gasteiger partial charge < -0.3 is 30.2 Å². The van der Waals surface area contributed by atoms with E-state index in [0.29, 0.717) is 60.1 Å². The average Bonchev–Trinajstić information content (AvgIpc) is 3.22. The Morgan fingerprint density at radius 2 is 1.79 bits per heavy atom. The molecule has 0 aliphatic heterocycles. The minimum atomic E-state index is -0.364. The Bertz CT molecular complexity index is 1480. The molecule has 0 saturated heterocycles. The van der Waals surface area contributed by atoms with Crippen molar-refractivity contribution in [3.8, 4) is 28.4 Å². The molecule has 1 aliphatic rings. The third kappa shape index (κ3) is 7.18. The van der Waals surface area contributed by atoms with Crippen molar-refractivity contribution in [3.05, 3.63) is 70.0 Å². The number of carbonyl (C=O) groups excluding carboxylic acids is 2. The van der Waals surface area contributed by atoms with Gasteiger partial charge >= 0.3 is 0 Å². The molecule has 1 heterocycles. The highest BCUT2D eigenvalue weighted by Gasteiger charge is 2.29. The molecule has 222 valence electrons. The van der Waals surface area contributed by atoms with Crippen molar-refractivity contribution in [1.29, 1.82) is 0 Å². The summed E-state index contributed by atoms with van der Waals surface area (Å²) in [6.07, 6.45) is 5.60. The summed E-state index contributed by atoms with van der Waals surface area (Å²) in [7, 11) is 4.71. The van der Waals surface area contributed by atoms with Crippen molar-refractivity contribution in [2.45, 2.75) is 51.5 Å². The summed E-state index contributed by atoms with van der Waals surface area (Å²) >= 11 is 0. The second-order valence-electron chi connectivity index (χ2n) is 10.1. The number of hydrogen-bond donors (Lipinski definition) is 3. The van der Waals surface area contributed by atoms with Gasteiger partial charge in [-0.3, -0.25) is 14.4 Å². The fourth-order valence-corrected chi connectivity index (χ4v) is 5.31. The van der Waals surface area contributed by atoms with E-state index in [4.69, 9.17) is 14.2 Å². The second kappa shape index (κ2) is 14.3. The van der Waals surface area contributed by atoms with E-state index < -0.39 is 0 Å². The summed E-state index contributed by atoms with van der Waals surface area (Å²) in [5, 5.41) is 9.07. The number of aromatic nitrogens is 1. The number of pyridine rings is 1. The number of hydrogen-bond acceptors (Lipinski definition) is 8. The molecule has 1 atom stereocenters. The number of nitrogens with one attached hydrogen (secondary N) is 3. The van der Waals surface area contributed by atoms with Crippen LogP contribution in [0.3, 0.4) is 0 Å². The van der Waals surface area contributed by atoms with Crippen LogP contribution in [0.25, 0.3) is 11.1 Å². The quantitative estimate of drug-likeness (QED) is 0.262. The van der Waals surface area contributed by atoms with Crippen molar-refractivity contribution < 1.29 is 23.8 Å². The van der Waals surface area contributed by atoms with E-state index in [2.05, 4.69) is 20.9 Å². The van der Waals surface area contributed by atoms with Gasteiger partial charge in [0.15, 0.2) is 11.5 Å². The maximum Gasteiger partial charge on any atom is 0.225 e. The molecule has 0 radical (unpaired) electrons. The van der Waals surface area contributed by atoms with Crippen molar-refractivity contribution >= 4 is 23.3 Å². The van der Waals surface area contributed by atoms with E-state index >= 15 is 0 Å². The van der Waals surface area contributed by atoms with Crippen LogP contribution in [-0.4, -0.2) is 44.7 Å². The lowest BCUT2D eigenvalue weighted by molar-refractivity contribution is -0.119. The molecule has 10 nitrogen and oxygen atoms in total. The zero-order chi connectivity index (χ0) is 30.1. The third-order valence-corrected chi connectivity index (χ3v) is 7.24. The van der Waals surface area contributed by atoms with Crippen LogP contribution in [0.5, 0.6) is 17.2 Å². The van der Waals surface area contributed by atoms with E-state index in [1.807, 2.05) is 18.2 Å². The number of amides is 2. The molecule has 1 aromatic heterocycles. The third-order valence-electron chi connectivity index (χ3n) is 7.24. The first-order valence-corrected chi connectivity index (χ1v) is 14.1. The lowest BCUT2D eigenvalue weighted by atomic mass is 9.95. The van der Waals surface area contributed by atoms with Gasteiger partial charge in [-0.15, -0.1) is 0 Å². The van der Waals surface area contributed by atoms with Gasteiger partial charge in [0, 0.05) is 31.6 Å². The first-order valence-electron chi connectivity index (χ1n) is 14.1. The largest absolute Gasteiger partial charge is 0.493 e. The number of carbonyl (C=O) groups is 2. The normalized spacial score (nSPS) is 13.6. The number of methoxy groups -OCH3 is 3. The highest BCUT2D eigenvalue weighted by Crippen LogP contribution is 2.50. The number of aryl methyl sites for hydroxylation is 1. The Hall–Kier alpha value is -4.60. The molecule has 42 heavy (non-hydrogen) atoms. The lowest BCUT2D eigenvalue weighted by Gasteiger charge is -2.19. The number of benzene rings is 1. The molecular formula is C32H38N4O6. The van der Waals surface area contributed by atoms with Crippen LogP contribution in [0, 0.1) is 0 Å². The molecule has 3 N–H and O–H groups in total. The summed E-state index contributed by atoms with van der Waals surface area (Å²) in [4.78, 5) is 41.8. The molecule has 2 aromatic carbocycles. The summed E-state index contributed by atoms with van der Waals surface area (Å²) in [6, 6.07) is 12.2. The Balaban J connectivity index is 1.53. The van der Waals surface area contributed by atoms with Crippen LogP contribution in [0.4, 0.5) is 11.5 Å². The number of fused-ring (bicyclic) bond motifs is 3. The van der Waals surface area contributed by atoms with Crippen LogP contribution < -0.4 is 35.6 Å². The van der Waals surface area contributed by atoms with Crippen LogP contribution >= 0.6 is 0 Å². The number of anilines is 2. The van der Waals surface area contributed by atoms with Gasteiger partial charge in [0.1, 0.15) is 5.82 Å². The maximum absolute atomic E-state index is 13.4. The summed E-state index contributed by atoms with van der Waals surface area (Å²) in [6.45, 7) is 2.05. The smallest absolute Gasteiger partial charge is 0.225 e. The van der Waals surface area contributed by atoms with E-state index in [0.717, 1.165) is 36.0 Å². The summed E-state index contributed by atoms with van der Waals surface area (Å²) in [5.41, 5.74) is 3.56. The second-order valence-corrected chi connectivity index (χ2v) is 10.1. The lowest BCUT2D eigenvalue weighted by Crippen LogP contribution is -2.26. The van der Waals surface area contributed by atoms with E-state index in [1.54, 1.807) is 51.8 Å². The Labute approximate surface area is 245 Å². The van der Waals surface area contributed by atoms with Gasteiger partial charge in [0.2, 0.25) is 23.0 Å². The van der Waals surface area contributed by atoms with Crippen molar-refractivity contribution in [3.63, 3.8) is 0 Å². The predicted octanol–water partition coefficient (Wildman–Crippen LogP) is 4.87. The number of unbranched alkanes of at least 4 members (excludes halogenated alkanes) is 2. The molecule has 0 spiro atoms. The van der Waals surface area contributed by atoms with Gasteiger partial charge in [-0.1, -0.05) is 18.6 Å². The summed E-state index contributed by atoms with van der Waals surface area (Å²) in [5.74, 6) is 1.82. The first-order chi connectivity index (χ1) is 20.4. The van der Waals surface area contributed by atoms with E-state index in [9.17, 15) is 14.4 Å². The molecule has 10 heteroatoms. The van der Waals surface area contributed by atoms with Crippen LogP contribution in [0.15, 0.2) is 53.5 Å². The van der Waals surface area contributed by atoms with Crippen LogP contribution in [0.1, 0.15) is 56.2 Å². The highest BCUT2D eigenvalue weighted by molar-refractivity contribution is 5.89. The number of ether oxygens (including phenoxy) is 3. The van der Waals surface area contributed by atoms with Crippen molar-refractivity contribution in [1.82, 2.24) is 10.3 Å². The average molecular weight is 575 g/mol. The zero-order valence-corrected chi connectivity index (χ0v) is 24.5. The molecular weight excluding hydrogens is 536 g/mol. The monoisotopic (exact) mass is 574 g/mol. The molecule has 0 fully saturated rings. The molecule has 1 aliphatic carbocycles. The Kier molecular flexibility index (Phi) is 10.4. The molecule has 4 rings (SSSR count). The SMILES string of the molecule is COc1cc2c(c(OC)c1OC)-c1ccc(NCCCCCC(=O)Nc3ccccn3)c(=O)cc1[C@H](NC(C)=O)CC2. The van der Waals surface area contributed by atoms with Crippen LogP contribution in [0.2, 0.25) is 0 Å². The van der Waals surface area contributed by atoms with Gasteiger partial charge in [0.25, 0.3) is 0 Å². The van der Waals surface area contributed by atoms with Crippen molar-refractivity contribution in [2.75, 3.05) is 38.5 Å². The van der Waals surface area contributed by atoms with Gasteiger partial charge in [-0.05, 0) is 72.7 Å². The van der Waals surface area contributed by atoms with E-state index in [-0.39, 0.29) is 23.3 Å². The standard InChI is InChI=1S/C32H38N4O6/c1-20(37)35-24-14-12-21-18-27(40-2)31(41-3)32(42-4)30(21)22-13-15-25(26(38)19-23(22)24)33-16-8-5-6-11-29(39)36-28-10-7-9-17-34-28/h7,9-10,13,15,17-19,24H,5-6,8,11-12,14,16H2,1-4H3,(H,33,38)(H,35,37)(H,34,36,39)/t24-/m1/s1. The molecule has 3 aromatic rings. The van der Waals surface area contributed by atoms with Crippen LogP contribution in [-0.2, 0) is 16.0 Å². The Morgan fingerprint density at radius 3 is 2.48 bits per heavy atom. The van der Waals surface area contributed by atoms with Gasteiger partial charge in [-0.2, -0.15) is 0 Å². The number of nitrogens with zero attached hydrogens (tertiary/aromatic N) is 1. The topological polar surface area (TPSA) is 128 Å². The molecule has 0 saturated carbocycles. The molecule has 0 unspecified atom stereocenters. The maximum atomic E-state index is 13.4. The molecule has 2 amide bonds. The minimum absolute atomic E-state index is 0.0706. The minimum Gasteiger partial charge on any atom is -0.493 e. The fraction of sp³-hybridized carbons (Fsp3) is 0.375.